The molecule has 0 saturated heterocycles. The van der Waals surface area contributed by atoms with Gasteiger partial charge in [0.15, 0.2) is 6.61 Å². The summed E-state index contributed by atoms with van der Waals surface area (Å²) in [5, 5.41) is 11.5. The van der Waals surface area contributed by atoms with Crippen molar-refractivity contribution < 1.29 is 14.3 Å². The molecule has 0 saturated carbocycles. The van der Waals surface area contributed by atoms with E-state index in [0.717, 1.165) is 0 Å². The number of nitriles is 1. The lowest BCUT2D eigenvalue weighted by Gasteiger charge is -2.09. The van der Waals surface area contributed by atoms with E-state index < -0.39 is 18.5 Å². The minimum atomic E-state index is -0.867. The maximum Gasteiger partial charge on any atom is 0.341 e. The number of rotatable bonds is 4. The number of benzene rings is 2. The summed E-state index contributed by atoms with van der Waals surface area (Å²) in [6.45, 7) is -0.547. The molecular weight excluding hydrogens is 375 g/mol. The average Bonchev–Trinajstić information content (AvgIpc) is 2.57. The first-order valence-electron chi connectivity index (χ1n) is 6.53. The minimum Gasteiger partial charge on any atom is -0.452 e. The predicted octanol–water partition coefficient (Wildman–Crippen LogP) is 4.31. The molecule has 0 atom stereocenters. The summed E-state index contributed by atoms with van der Waals surface area (Å²) < 4.78 is 4.89. The van der Waals surface area contributed by atoms with Crippen molar-refractivity contribution in [3.8, 4) is 6.07 Å². The number of esters is 1. The van der Waals surface area contributed by atoms with E-state index in [1.807, 2.05) is 6.07 Å². The van der Waals surface area contributed by atoms with Crippen LogP contribution in [0.25, 0.3) is 0 Å². The summed E-state index contributed by atoms with van der Waals surface area (Å²) >= 11 is 17.6. The van der Waals surface area contributed by atoms with Gasteiger partial charge in [0.25, 0.3) is 5.91 Å². The number of nitrogens with one attached hydrogen (secondary N) is 1. The van der Waals surface area contributed by atoms with Crippen molar-refractivity contribution in [2.24, 2.45) is 0 Å². The predicted molar refractivity (Wildman–Crippen MR) is 91.5 cm³/mol. The summed E-state index contributed by atoms with van der Waals surface area (Å²) in [6, 6.07) is 11.1. The van der Waals surface area contributed by atoms with Gasteiger partial charge in [-0.3, -0.25) is 4.79 Å². The topological polar surface area (TPSA) is 79.2 Å². The largest absolute Gasteiger partial charge is 0.452 e. The molecule has 0 unspecified atom stereocenters. The van der Waals surface area contributed by atoms with Crippen LogP contribution in [0.15, 0.2) is 36.4 Å². The minimum absolute atomic E-state index is 0.0451. The van der Waals surface area contributed by atoms with E-state index in [4.69, 9.17) is 44.8 Å². The Hall–Kier alpha value is -2.26. The molecule has 2 rings (SSSR count). The van der Waals surface area contributed by atoms with Crippen LogP contribution in [0.2, 0.25) is 15.1 Å². The average molecular weight is 384 g/mol. The first-order valence-corrected chi connectivity index (χ1v) is 7.66. The molecule has 0 aliphatic heterocycles. The van der Waals surface area contributed by atoms with Gasteiger partial charge in [0.1, 0.15) is 0 Å². The van der Waals surface area contributed by atoms with Crippen LogP contribution in [0.4, 0.5) is 5.69 Å². The highest BCUT2D eigenvalue weighted by molar-refractivity contribution is 6.46. The molecular formula is C16H9Cl3N2O3. The second-order valence-corrected chi connectivity index (χ2v) is 5.73. The number of halogens is 3. The van der Waals surface area contributed by atoms with E-state index in [-0.39, 0.29) is 20.6 Å². The lowest BCUT2D eigenvalue weighted by molar-refractivity contribution is -0.119. The molecule has 122 valence electrons. The SMILES string of the molecule is N#Cc1cccc(NC(=O)COC(=O)c2c(Cl)ccc(Cl)c2Cl)c1. The number of amides is 1. The van der Waals surface area contributed by atoms with Gasteiger partial charge in [0, 0.05) is 5.69 Å². The smallest absolute Gasteiger partial charge is 0.341 e. The van der Waals surface area contributed by atoms with Crippen molar-refractivity contribution in [3.05, 3.63) is 62.6 Å². The van der Waals surface area contributed by atoms with Crippen molar-refractivity contribution in [1.82, 2.24) is 0 Å². The Bertz CT molecular complexity index is 847. The highest BCUT2D eigenvalue weighted by atomic mass is 35.5. The van der Waals surface area contributed by atoms with Crippen LogP contribution in [0.5, 0.6) is 0 Å². The molecule has 1 N–H and O–H groups in total. The number of hydrogen-bond acceptors (Lipinski definition) is 4. The van der Waals surface area contributed by atoms with Gasteiger partial charge in [-0.1, -0.05) is 40.9 Å². The second-order valence-electron chi connectivity index (χ2n) is 4.54. The monoisotopic (exact) mass is 382 g/mol. The number of hydrogen-bond donors (Lipinski definition) is 1. The third-order valence-corrected chi connectivity index (χ3v) is 3.98. The summed E-state index contributed by atoms with van der Waals surface area (Å²) in [4.78, 5) is 23.8. The zero-order valence-electron chi connectivity index (χ0n) is 12.0. The summed E-state index contributed by atoms with van der Waals surface area (Å²) in [7, 11) is 0. The molecule has 2 aromatic carbocycles. The maximum atomic E-state index is 12.0. The van der Waals surface area contributed by atoms with E-state index in [1.54, 1.807) is 18.2 Å². The van der Waals surface area contributed by atoms with Gasteiger partial charge in [-0.05, 0) is 30.3 Å². The van der Waals surface area contributed by atoms with Crippen LogP contribution in [0.1, 0.15) is 15.9 Å². The molecule has 0 radical (unpaired) electrons. The number of nitrogens with zero attached hydrogens (tertiary/aromatic N) is 1. The van der Waals surface area contributed by atoms with Gasteiger partial charge in [-0.2, -0.15) is 5.26 Å². The Morgan fingerprint density at radius 1 is 1.12 bits per heavy atom. The lowest BCUT2D eigenvalue weighted by atomic mass is 10.2. The van der Waals surface area contributed by atoms with Crippen molar-refractivity contribution in [1.29, 1.82) is 5.26 Å². The first kappa shape index (κ1) is 18.1. The third kappa shape index (κ3) is 4.39. The van der Waals surface area contributed by atoms with Crippen LogP contribution in [0, 0.1) is 11.3 Å². The highest BCUT2D eigenvalue weighted by Crippen LogP contribution is 2.31. The molecule has 1 amide bonds. The van der Waals surface area contributed by atoms with Gasteiger partial charge in [-0.25, -0.2) is 4.79 Å². The summed E-state index contributed by atoms with van der Waals surface area (Å²) in [5.74, 6) is -1.44. The highest BCUT2D eigenvalue weighted by Gasteiger charge is 2.19. The molecule has 2 aromatic rings. The molecule has 8 heteroatoms. The third-order valence-electron chi connectivity index (χ3n) is 2.86. The van der Waals surface area contributed by atoms with E-state index in [1.165, 1.54) is 18.2 Å². The Labute approximate surface area is 152 Å². The van der Waals surface area contributed by atoms with E-state index in [0.29, 0.717) is 11.3 Å². The zero-order chi connectivity index (χ0) is 17.7. The van der Waals surface area contributed by atoms with Crippen molar-refractivity contribution in [2.75, 3.05) is 11.9 Å². The Balaban J connectivity index is 2.00. The fraction of sp³-hybridized carbons (Fsp3) is 0.0625. The van der Waals surface area contributed by atoms with Crippen molar-refractivity contribution in [3.63, 3.8) is 0 Å². The summed E-state index contributed by atoms with van der Waals surface area (Å²) in [6.07, 6.45) is 0. The van der Waals surface area contributed by atoms with E-state index >= 15 is 0 Å². The normalized spacial score (nSPS) is 9.92. The molecule has 0 heterocycles. The van der Waals surface area contributed by atoms with E-state index in [2.05, 4.69) is 5.32 Å². The Morgan fingerprint density at radius 3 is 2.54 bits per heavy atom. The van der Waals surface area contributed by atoms with Crippen molar-refractivity contribution in [2.45, 2.75) is 0 Å². The maximum absolute atomic E-state index is 12.0. The van der Waals surface area contributed by atoms with Gasteiger partial charge in [0.05, 0.1) is 32.3 Å². The van der Waals surface area contributed by atoms with Crippen LogP contribution in [-0.4, -0.2) is 18.5 Å². The quantitative estimate of drug-likeness (QED) is 0.630. The van der Waals surface area contributed by atoms with E-state index in [9.17, 15) is 9.59 Å². The van der Waals surface area contributed by atoms with Crippen LogP contribution < -0.4 is 5.32 Å². The standard InChI is InChI=1S/C16H9Cl3N2O3/c17-11-4-5-12(18)15(19)14(11)16(23)24-8-13(22)21-10-3-1-2-9(6-10)7-20/h1-6H,8H2,(H,21,22). The molecule has 24 heavy (non-hydrogen) atoms. The molecule has 0 fully saturated rings. The summed E-state index contributed by atoms with van der Waals surface area (Å²) in [5.41, 5.74) is 0.696. The fourth-order valence-corrected chi connectivity index (χ4v) is 2.46. The second kappa shape index (κ2) is 8.02. The first-order chi connectivity index (χ1) is 11.4. The Morgan fingerprint density at radius 2 is 1.83 bits per heavy atom. The van der Waals surface area contributed by atoms with Gasteiger partial charge in [0.2, 0.25) is 0 Å². The number of anilines is 1. The van der Waals surface area contributed by atoms with Crippen molar-refractivity contribution >= 4 is 52.4 Å². The molecule has 0 aliphatic rings. The molecule has 0 aliphatic carbocycles. The molecule has 0 bridgehead atoms. The number of carbonyl (C=O) groups is 2. The van der Waals surface area contributed by atoms with Crippen LogP contribution in [-0.2, 0) is 9.53 Å². The zero-order valence-corrected chi connectivity index (χ0v) is 14.2. The lowest BCUT2D eigenvalue weighted by Crippen LogP contribution is -2.21. The number of ether oxygens (including phenoxy) is 1. The molecule has 0 spiro atoms. The van der Waals surface area contributed by atoms with Gasteiger partial charge in [-0.15, -0.1) is 0 Å². The molecule has 5 nitrogen and oxygen atoms in total. The number of carbonyl (C=O) groups excluding carboxylic acids is 2. The van der Waals surface area contributed by atoms with Crippen LogP contribution >= 0.6 is 34.8 Å². The Kier molecular flexibility index (Phi) is 6.04. The fourth-order valence-electron chi connectivity index (χ4n) is 1.78. The van der Waals surface area contributed by atoms with Gasteiger partial charge < -0.3 is 10.1 Å². The molecule has 0 aromatic heterocycles. The van der Waals surface area contributed by atoms with Crippen LogP contribution in [0.3, 0.4) is 0 Å². The van der Waals surface area contributed by atoms with Gasteiger partial charge >= 0.3 is 5.97 Å².